The van der Waals surface area contributed by atoms with Gasteiger partial charge in [0.15, 0.2) is 0 Å². The summed E-state index contributed by atoms with van der Waals surface area (Å²) >= 11 is 0. The van der Waals surface area contributed by atoms with E-state index in [0.29, 0.717) is 0 Å². The van der Waals surface area contributed by atoms with Crippen LogP contribution in [0.3, 0.4) is 0 Å². The smallest absolute Gasteiger partial charge is 0.0834 e. The van der Waals surface area contributed by atoms with Crippen molar-refractivity contribution in [2.45, 2.75) is 6.16 Å². The van der Waals surface area contributed by atoms with E-state index in [4.69, 9.17) is 0 Å². The Morgan fingerprint density at radius 3 is 1.92 bits per heavy atom. The van der Waals surface area contributed by atoms with Crippen molar-refractivity contribution < 1.29 is 12.4 Å². The van der Waals surface area contributed by atoms with E-state index in [1.54, 1.807) is 0 Å². The monoisotopic (exact) mass is 202 g/mol. The van der Waals surface area contributed by atoms with Crippen molar-refractivity contribution in [3.05, 3.63) is 35.9 Å². The summed E-state index contributed by atoms with van der Waals surface area (Å²) in [6.45, 7) is 7.12. The number of hydrogen-bond donors (Lipinski definition) is 0. The van der Waals surface area contributed by atoms with Gasteiger partial charge in [0.2, 0.25) is 0 Å². The van der Waals surface area contributed by atoms with Crippen LogP contribution in [0.2, 0.25) is 0 Å². The summed E-state index contributed by atoms with van der Waals surface area (Å²) in [6, 6.07) is 10.7. The summed E-state index contributed by atoms with van der Waals surface area (Å²) in [6.07, 6.45) is 1.27. The second kappa shape index (κ2) is 4.84. The first kappa shape index (κ1) is 11.9. The van der Waals surface area contributed by atoms with Gasteiger partial charge in [0.25, 0.3) is 0 Å². The summed E-state index contributed by atoms with van der Waals surface area (Å²) in [5, 5.41) is 0. The van der Waals surface area contributed by atoms with Crippen molar-refractivity contribution >= 4 is 7.26 Å². The van der Waals surface area contributed by atoms with Gasteiger partial charge in [-0.25, -0.2) is 0 Å². The molecule has 0 saturated carbocycles. The van der Waals surface area contributed by atoms with Gasteiger partial charge in [0, 0.05) is 27.3 Å². The molecule has 2 heteroatoms. The molecule has 0 spiro atoms. The zero-order valence-corrected chi connectivity index (χ0v) is 9.57. The largest absolute Gasteiger partial charge is 1.00 e. The quantitative estimate of drug-likeness (QED) is 0.597. The molecule has 0 aliphatic rings. The molecule has 12 heavy (non-hydrogen) atoms. The SMILES string of the molecule is C[P+](C)(C)Cc1ccccc1.[Cl-]. The number of rotatable bonds is 2. The van der Waals surface area contributed by atoms with E-state index < -0.39 is 7.26 Å². The van der Waals surface area contributed by atoms with E-state index in [1.165, 1.54) is 11.7 Å². The summed E-state index contributed by atoms with van der Waals surface area (Å²) in [4.78, 5) is 0. The minimum atomic E-state index is -0.638. The van der Waals surface area contributed by atoms with Gasteiger partial charge in [-0.05, 0) is 5.56 Å². The van der Waals surface area contributed by atoms with Crippen LogP contribution in [0.15, 0.2) is 30.3 Å². The zero-order valence-electron chi connectivity index (χ0n) is 7.92. The normalized spacial score (nSPS) is 10.6. The number of hydrogen-bond acceptors (Lipinski definition) is 0. The molecule has 0 nitrogen and oxygen atoms in total. The predicted molar refractivity (Wildman–Crippen MR) is 54.8 cm³/mol. The maximum atomic E-state index is 2.38. The third kappa shape index (κ3) is 4.74. The summed E-state index contributed by atoms with van der Waals surface area (Å²) in [5.74, 6) is 0. The summed E-state index contributed by atoms with van der Waals surface area (Å²) < 4.78 is 0. The fourth-order valence-corrected chi connectivity index (χ4v) is 2.44. The van der Waals surface area contributed by atoms with Crippen LogP contribution in [0.25, 0.3) is 0 Å². The van der Waals surface area contributed by atoms with Crippen molar-refractivity contribution in [3.8, 4) is 0 Å². The third-order valence-electron chi connectivity index (χ3n) is 1.50. The number of halogens is 1. The van der Waals surface area contributed by atoms with E-state index >= 15 is 0 Å². The highest BCUT2D eigenvalue weighted by Gasteiger charge is 2.16. The first-order valence-electron chi connectivity index (χ1n) is 3.92. The second-order valence-electron chi connectivity index (χ2n) is 3.93. The fourth-order valence-electron chi connectivity index (χ4n) is 1.13. The Balaban J connectivity index is 0.00000121. The lowest BCUT2D eigenvalue weighted by molar-refractivity contribution is -0.00000262. The highest BCUT2D eigenvalue weighted by Crippen LogP contribution is 2.49. The van der Waals surface area contributed by atoms with Crippen LogP contribution in [-0.4, -0.2) is 20.0 Å². The molecule has 0 N–H and O–H groups in total. The fraction of sp³-hybridized carbons (Fsp3) is 0.400. The Morgan fingerprint density at radius 1 is 1.00 bits per heavy atom. The number of benzene rings is 1. The molecule has 0 aliphatic carbocycles. The maximum Gasteiger partial charge on any atom is 0.0834 e. The molecule has 0 unspecified atom stereocenters. The van der Waals surface area contributed by atoms with Gasteiger partial charge in [0.05, 0.1) is 6.16 Å². The van der Waals surface area contributed by atoms with Crippen LogP contribution in [0.4, 0.5) is 0 Å². The molecule has 68 valence electrons. The zero-order chi connectivity index (χ0) is 8.32. The molecule has 0 amide bonds. The second-order valence-corrected chi connectivity index (χ2v) is 8.83. The van der Waals surface area contributed by atoms with E-state index in [9.17, 15) is 0 Å². The molecule has 1 rings (SSSR count). The maximum absolute atomic E-state index is 2.38. The molecule has 0 heterocycles. The van der Waals surface area contributed by atoms with Crippen molar-refractivity contribution in [1.29, 1.82) is 0 Å². The van der Waals surface area contributed by atoms with Crippen LogP contribution in [0.5, 0.6) is 0 Å². The summed E-state index contributed by atoms with van der Waals surface area (Å²) in [5.41, 5.74) is 1.48. The standard InChI is InChI=1S/C10H16P.ClH/c1-11(2,3)9-10-7-5-4-6-8-10;/h4-8H,9H2,1-3H3;1H/q+1;/p-1. The molecular weight excluding hydrogens is 187 g/mol. The minimum absolute atomic E-state index is 0. The highest BCUT2D eigenvalue weighted by molar-refractivity contribution is 7.72. The molecule has 0 aromatic heterocycles. The van der Waals surface area contributed by atoms with Crippen molar-refractivity contribution in [2.24, 2.45) is 0 Å². The van der Waals surface area contributed by atoms with Gasteiger partial charge >= 0.3 is 0 Å². The van der Waals surface area contributed by atoms with Gasteiger partial charge in [-0.15, -0.1) is 0 Å². The Hall–Kier alpha value is -0.0600. The highest BCUT2D eigenvalue weighted by atomic mass is 35.5. The van der Waals surface area contributed by atoms with Crippen LogP contribution in [-0.2, 0) is 6.16 Å². The van der Waals surface area contributed by atoms with E-state index in [-0.39, 0.29) is 12.4 Å². The van der Waals surface area contributed by atoms with Gasteiger partial charge in [0.1, 0.15) is 0 Å². The Morgan fingerprint density at radius 2 is 1.50 bits per heavy atom. The Bertz CT molecular complexity index is 213. The van der Waals surface area contributed by atoms with Crippen molar-refractivity contribution in [1.82, 2.24) is 0 Å². The van der Waals surface area contributed by atoms with Gasteiger partial charge in [-0.3, -0.25) is 0 Å². The van der Waals surface area contributed by atoms with Gasteiger partial charge in [-0.2, -0.15) is 0 Å². The molecule has 1 aromatic rings. The van der Waals surface area contributed by atoms with Crippen LogP contribution < -0.4 is 12.4 Å². The molecule has 0 aliphatic heterocycles. The van der Waals surface area contributed by atoms with Crippen LogP contribution in [0, 0.1) is 0 Å². The summed E-state index contributed by atoms with van der Waals surface area (Å²) in [7, 11) is -0.638. The molecule has 0 radical (unpaired) electrons. The van der Waals surface area contributed by atoms with Crippen molar-refractivity contribution in [3.63, 3.8) is 0 Å². The molecule has 0 saturated heterocycles. The molecule has 0 bridgehead atoms. The lowest BCUT2D eigenvalue weighted by atomic mass is 10.2. The first-order chi connectivity index (χ1) is 5.08. The van der Waals surface area contributed by atoms with Crippen molar-refractivity contribution in [2.75, 3.05) is 20.0 Å². The predicted octanol–water partition coefficient (Wildman–Crippen LogP) is 0.0976. The third-order valence-corrected chi connectivity index (χ3v) is 2.81. The topological polar surface area (TPSA) is 0 Å². The average molecular weight is 203 g/mol. The van der Waals surface area contributed by atoms with Crippen LogP contribution in [0.1, 0.15) is 5.56 Å². The van der Waals surface area contributed by atoms with Gasteiger partial charge in [-0.1, -0.05) is 30.3 Å². The van der Waals surface area contributed by atoms with E-state index in [0.717, 1.165) is 0 Å². The molecule has 0 atom stereocenters. The van der Waals surface area contributed by atoms with Crippen LogP contribution >= 0.6 is 7.26 Å². The first-order valence-corrected chi connectivity index (χ1v) is 7.24. The van der Waals surface area contributed by atoms with Gasteiger partial charge < -0.3 is 12.4 Å². The molecular formula is C10H16ClP. The Kier molecular flexibility index (Phi) is 4.82. The Labute approximate surface area is 82.1 Å². The lowest BCUT2D eigenvalue weighted by Crippen LogP contribution is -3.00. The lowest BCUT2D eigenvalue weighted by Gasteiger charge is -2.10. The van der Waals surface area contributed by atoms with E-state index in [1.807, 2.05) is 0 Å². The minimum Gasteiger partial charge on any atom is -1.00 e. The van der Waals surface area contributed by atoms with E-state index in [2.05, 4.69) is 50.3 Å². The molecule has 1 aromatic carbocycles. The molecule has 0 fully saturated rings. The average Bonchev–Trinajstić information content (AvgIpc) is 1.85.